The van der Waals surface area contributed by atoms with E-state index in [-0.39, 0.29) is 10.4 Å². The first-order chi connectivity index (χ1) is 12.1. The van der Waals surface area contributed by atoms with Crippen LogP contribution in [0.3, 0.4) is 0 Å². The van der Waals surface area contributed by atoms with Crippen LogP contribution >= 0.6 is 11.6 Å². The van der Waals surface area contributed by atoms with Gasteiger partial charge >= 0.3 is 0 Å². The molecule has 0 spiro atoms. The fourth-order valence-corrected chi connectivity index (χ4v) is 5.60. The van der Waals surface area contributed by atoms with Crippen molar-refractivity contribution >= 4 is 22.4 Å². The molecule has 0 radical (unpaired) electrons. The summed E-state index contributed by atoms with van der Waals surface area (Å²) in [7, 11) is 0. The van der Waals surface area contributed by atoms with E-state index in [0.717, 1.165) is 36.2 Å². The zero-order chi connectivity index (χ0) is 17.6. The highest BCUT2D eigenvalue weighted by Gasteiger charge is 2.36. The highest BCUT2D eigenvalue weighted by Crippen LogP contribution is 2.49. The van der Waals surface area contributed by atoms with Gasteiger partial charge in [0, 0.05) is 0 Å². The molecule has 0 N–H and O–H groups in total. The van der Waals surface area contributed by atoms with Crippen LogP contribution in [0.2, 0.25) is 5.02 Å². The molecular formula is C22H25ClF2. The number of halogens is 3. The van der Waals surface area contributed by atoms with Crippen molar-refractivity contribution in [3.8, 4) is 0 Å². The maximum Gasteiger partial charge on any atom is 0.152 e. The van der Waals surface area contributed by atoms with Crippen molar-refractivity contribution in [3.05, 3.63) is 46.5 Å². The summed E-state index contributed by atoms with van der Waals surface area (Å²) in [6.45, 7) is 2.30. The molecule has 2 aliphatic rings. The third-order valence-corrected chi connectivity index (χ3v) is 7.15. The third kappa shape index (κ3) is 3.07. The van der Waals surface area contributed by atoms with Gasteiger partial charge in [-0.2, -0.15) is 0 Å². The summed E-state index contributed by atoms with van der Waals surface area (Å²) in [5, 5.41) is 0.769. The fraction of sp³-hybridized carbons (Fsp3) is 0.545. The molecule has 4 rings (SSSR count). The summed E-state index contributed by atoms with van der Waals surface area (Å²) in [5.74, 6) is 1.63. The second-order valence-electron chi connectivity index (χ2n) is 8.05. The van der Waals surface area contributed by atoms with E-state index in [4.69, 9.17) is 11.6 Å². The molecule has 2 saturated carbocycles. The Morgan fingerprint density at radius 1 is 1.04 bits per heavy atom. The topological polar surface area (TPSA) is 0 Å². The van der Waals surface area contributed by atoms with E-state index in [1.54, 1.807) is 12.1 Å². The average molecular weight is 363 g/mol. The van der Waals surface area contributed by atoms with Gasteiger partial charge in [-0.3, -0.25) is 0 Å². The predicted molar refractivity (Wildman–Crippen MR) is 100 cm³/mol. The van der Waals surface area contributed by atoms with Crippen molar-refractivity contribution in [2.45, 2.75) is 57.8 Å². The van der Waals surface area contributed by atoms with E-state index >= 15 is 0 Å². The number of hydrogen-bond donors (Lipinski definition) is 0. The van der Waals surface area contributed by atoms with Gasteiger partial charge in [-0.25, -0.2) is 8.78 Å². The van der Waals surface area contributed by atoms with E-state index in [2.05, 4.69) is 6.92 Å². The molecule has 4 atom stereocenters. The van der Waals surface area contributed by atoms with Gasteiger partial charge in [0.15, 0.2) is 5.82 Å². The maximum atomic E-state index is 14.7. The molecule has 0 heterocycles. The lowest BCUT2D eigenvalue weighted by atomic mass is 9.63. The lowest BCUT2D eigenvalue weighted by Gasteiger charge is -2.42. The van der Waals surface area contributed by atoms with Gasteiger partial charge in [-0.05, 0) is 78.9 Å². The van der Waals surface area contributed by atoms with E-state index in [0.29, 0.717) is 11.3 Å². The molecule has 0 aromatic heterocycles. The summed E-state index contributed by atoms with van der Waals surface area (Å²) in [6.07, 6.45) is 8.65. The summed E-state index contributed by atoms with van der Waals surface area (Å²) in [4.78, 5) is 0. The van der Waals surface area contributed by atoms with E-state index in [9.17, 15) is 8.78 Å². The highest BCUT2D eigenvalue weighted by atomic mass is 35.5. The smallest absolute Gasteiger partial charge is 0.152 e. The molecule has 2 aromatic rings. The van der Waals surface area contributed by atoms with E-state index in [1.165, 1.54) is 38.2 Å². The van der Waals surface area contributed by atoms with E-state index in [1.807, 2.05) is 6.07 Å². The van der Waals surface area contributed by atoms with Crippen molar-refractivity contribution in [2.24, 2.45) is 17.8 Å². The molecule has 0 saturated heterocycles. The number of hydrogen-bond acceptors (Lipinski definition) is 0. The van der Waals surface area contributed by atoms with Crippen LogP contribution in [-0.2, 0) is 0 Å². The summed E-state index contributed by atoms with van der Waals surface area (Å²) in [5.41, 5.74) is 0.883. The standard InChI is InChI=1S/C22H25ClF2/c1-2-13-6-7-15-11-16(9-8-14(15)10-13)18-12-17-4-3-5-19(24)20(17)22(25)21(18)23/h3-5,12-16H,2,6-11H2,1H3/t13-,14?,15-,16?/m1/s1. The highest BCUT2D eigenvalue weighted by molar-refractivity contribution is 6.32. The maximum absolute atomic E-state index is 14.7. The van der Waals surface area contributed by atoms with Crippen molar-refractivity contribution in [3.63, 3.8) is 0 Å². The molecule has 0 amide bonds. The number of fused-ring (bicyclic) bond motifs is 2. The van der Waals surface area contributed by atoms with Crippen LogP contribution in [0.5, 0.6) is 0 Å². The van der Waals surface area contributed by atoms with Crippen LogP contribution < -0.4 is 0 Å². The van der Waals surface area contributed by atoms with Gasteiger partial charge in [0.1, 0.15) is 5.82 Å². The predicted octanol–water partition coefficient (Wildman–Crippen LogP) is 7.48. The minimum atomic E-state index is -0.593. The largest absolute Gasteiger partial charge is 0.206 e. The molecule has 2 unspecified atom stereocenters. The molecule has 134 valence electrons. The van der Waals surface area contributed by atoms with Crippen LogP contribution in [0.15, 0.2) is 24.3 Å². The first-order valence-electron chi connectivity index (χ1n) is 9.64. The van der Waals surface area contributed by atoms with Gasteiger partial charge in [0.25, 0.3) is 0 Å². The van der Waals surface area contributed by atoms with Gasteiger partial charge in [-0.15, -0.1) is 0 Å². The Morgan fingerprint density at radius 2 is 1.80 bits per heavy atom. The molecule has 2 fully saturated rings. The molecule has 2 aromatic carbocycles. The van der Waals surface area contributed by atoms with Crippen LogP contribution in [0, 0.1) is 29.4 Å². The Hall–Kier alpha value is -1.15. The van der Waals surface area contributed by atoms with Gasteiger partial charge in [-0.1, -0.05) is 43.5 Å². The lowest BCUT2D eigenvalue weighted by Crippen LogP contribution is -2.30. The van der Waals surface area contributed by atoms with E-state index < -0.39 is 11.6 Å². The van der Waals surface area contributed by atoms with Crippen LogP contribution in [0.1, 0.15) is 63.4 Å². The first kappa shape index (κ1) is 17.3. The minimum Gasteiger partial charge on any atom is -0.206 e. The Kier molecular flexibility index (Phi) is 4.75. The zero-order valence-corrected chi connectivity index (χ0v) is 15.5. The third-order valence-electron chi connectivity index (χ3n) is 6.76. The number of rotatable bonds is 2. The SMILES string of the molecule is CC[C@@H]1CC[C@@H]2CC(c3cc4cccc(F)c4c(F)c3Cl)CCC2C1. The zero-order valence-electron chi connectivity index (χ0n) is 14.7. The van der Waals surface area contributed by atoms with Gasteiger partial charge < -0.3 is 0 Å². The van der Waals surface area contributed by atoms with Crippen molar-refractivity contribution < 1.29 is 8.78 Å². The van der Waals surface area contributed by atoms with Crippen LogP contribution in [0.4, 0.5) is 8.78 Å². The van der Waals surface area contributed by atoms with Crippen molar-refractivity contribution in [1.82, 2.24) is 0 Å². The molecule has 0 aliphatic heterocycles. The number of benzene rings is 2. The summed E-state index contributed by atoms with van der Waals surface area (Å²) < 4.78 is 28.7. The monoisotopic (exact) mass is 362 g/mol. The molecule has 25 heavy (non-hydrogen) atoms. The first-order valence-corrected chi connectivity index (χ1v) is 10.0. The molecule has 2 aliphatic carbocycles. The molecule has 3 heteroatoms. The molecule has 0 bridgehead atoms. The van der Waals surface area contributed by atoms with Crippen molar-refractivity contribution in [1.29, 1.82) is 0 Å². The quantitative estimate of drug-likeness (QED) is 0.519. The van der Waals surface area contributed by atoms with Gasteiger partial charge in [0.2, 0.25) is 0 Å². The molecule has 0 nitrogen and oxygen atoms in total. The fourth-order valence-electron chi connectivity index (χ4n) is 5.30. The Bertz CT molecular complexity index is 785. The lowest BCUT2D eigenvalue weighted by molar-refractivity contribution is 0.116. The molecular weight excluding hydrogens is 338 g/mol. The minimum absolute atomic E-state index is 0.0217. The summed E-state index contributed by atoms with van der Waals surface area (Å²) in [6, 6.07) is 6.63. The van der Waals surface area contributed by atoms with Crippen LogP contribution in [0.25, 0.3) is 10.8 Å². The average Bonchev–Trinajstić information content (AvgIpc) is 2.63. The van der Waals surface area contributed by atoms with Crippen LogP contribution in [-0.4, -0.2) is 0 Å². The Morgan fingerprint density at radius 3 is 2.60 bits per heavy atom. The Labute approximate surface area is 153 Å². The Balaban J connectivity index is 1.64. The van der Waals surface area contributed by atoms with Gasteiger partial charge in [0.05, 0.1) is 10.4 Å². The second kappa shape index (κ2) is 6.87. The second-order valence-corrected chi connectivity index (χ2v) is 8.43. The van der Waals surface area contributed by atoms with Crippen molar-refractivity contribution in [2.75, 3.05) is 0 Å². The normalized spacial score (nSPS) is 29.6. The summed E-state index contributed by atoms with van der Waals surface area (Å²) >= 11 is 6.36.